The van der Waals surface area contributed by atoms with Gasteiger partial charge in [0.1, 0.15) is 23.2 Å². The maximum absolute atomic E-state index is 12.1. The van der Waals surface area contributed by atoms with Gasteiger partial charge in [0.25, 0.3) is 5.91 Å². The summed E-state index contributed by atoms with van der Waals surface area (Å²) in [6.45, 7) is 1.52. The highest BCUT2D eigenvalue weighted by Crippen LogP contribution is 2.30. The molecule has 0 bridgehead atoms. The summed E-state index contributed by atoms with van der Waals surface area (Å²) in [5, 5.41) is 13.4. The second-order valence-electron chi connectivity index (χ2n) is 7.07. The topological polar surface area (TPSA) is 136 Å². The van der Waals surface area contributed by atoms with Crippen molar-refractivity contribution < 1.29 is 28.2 Å². The van der Waals surface area contributed by atoms with Gasteiger partial charge in [-0.1, -0.05) is 12.1 Å². The number of hydrogen-bond acceptors (Lipinski definition) is 9. The molecule has 0 fully saturated rings. The maximum Gasteiger partial charge on any atom is 0.337 e. The summed E-state index contributed by atoms with van der Waals surface area (Å²) in [6.07, 6.45) is 1.34. The largest absolute Gasteiger partial charge is 0.467 e. The fourth-order valence-corrected chi connectivity index (χ4v) is 3.42. The van der Waals surface area contributed by atoms with E-state index in [0.29, 0.717) is 32.8 Å². The molecule has 3 rings (SSSR count). The quantitative estimate of drug-likeness (QED) is 0.246. The van der Waals surface area contributed by atoms with Crippen molar-refractivity contribution in [1.82, 2.24) is 10.4 Å². The number of rotatable bonds is 9. The molecular weight excluding hydrogens is 520 g/mol. The molecule has 0 aliphatic heterocycles. The third kappa shape index (κ3) is 6.32. The summed E-state index contributed by atoms with van der Waals surface area (Å²) in [6, 6.07) is 12.2. The minimum Gasteiger partial charge on any atom is -0.467 e. The minimum atomic E-state index is -0.550. The lowest BCUT2D eigenvalue weighted by atomic mass is 10.1. The molecule has 11 heteroatoms. The van der Waals surface area contributed by atoms with Gasteiger partial charge in [0.05, 0.1) is 31.2 Å². The molecule has 0 saturated heterocycles. The average Bonchev–Trinajstić information content (AvgIpc) is 3.34. The standard InChI is InChI=1S/C24H21BrN4O6/c1-14-22(25)19(12-32-2)18(10-26)23(28-14)34-13-21(30)29-27-11-17-8-9-20(35-17)15-4-6-16(7-5-15)24(31)33-3/h4-9,11H,12-13H2,1-3H3,(H,29,30)/b27-11-. The Bertz CT molecular complexity index is 1290. The Morgan fingerprint density at radius 2 is 1.97 bits per heavy atom. The molecule has 1 amide bonds. The van der Waals surface area contributed by atoms with E-state index in [4.69, 9.17) is 13.9 Å². The predicted molar refractivity (Wildman–Crippen MR) is 129 cm³/mol. The van der Waals surface area contributed by atoms with Crippen LogP contribution in [0.5, 0.6) is 5.88 Å². The number of carbonyl (C=O) groups is 2. The third-order valence-corrected chi connectivity index (χ3v) is 5.76. The van der Waals surface area contributed by atoms with Gasteiger partial charge in [-0.15, -0.1) is 0 Å². The number of ether oxygens (including phenoxy) is 3. The van der Waals surface area contributed by atoms with Crippen molar-refractivity contribution >= 4 is 34.0 Å². The molecule has 0 saturated carbocycles. The zero-order valence-electron chi connectivity index (χ0n) is 19.1. The first-order valence-corrected chi connectivity index (χ1v) is 11.0. The van der Waals surface area contributed by atoms with E-state index in [2.05, 4.69) is 36.2 Å². The zero-order chi connectivity index (χ0) is 25.4. The van der Waals surface area contributed by atoms with Crippen LogP contribution in [0.15, 0.2) is 50.4 Å². The Morgan fingerprint density at radius 3 is 2.63 bits per heavy atom. The van der Waals surface area contributed by atoms with Crippen molar-refractivity contribution in [3.63, 3.8) is 0 Å². The van der Waals surface area contributed by atoms with Crippen LogP contribution in [-0.4, -0.2) is 43.9 Å². The normalized spacial score (nSPS) is 10.7. The molecule has 0 spiro atoms. The number of pyridine rings is 1. The number of hydrazone groups is 1. The molecule has 2 heterocycles. The summed E-state index contributed by atoms with van der Waals surface area (Å²) in [5.74, 6) is 0.0256. The first-order valence-electron chi connectivity index (χ1n) is 10.2. The van der Waals surface area contributed by atoms with Gasteiger partial charge in [-0.05, 0) is 47.1 Å². The van der Waals surface area contributed by atoms with E-state index in [1.807, 2.05) is 6.07 Å². The molecule has 0 unspecified atom stereocenters. The highest BCUT2D eigenvalue weighted by atomic mass is 79.9. The number of nitrogens with one attached hydrogen (secondary N) is 1. The van der Waals surface area contributed by atoms with Crippen LogP contribution >= 0.6 is 15.9 Å². The van der Waals surface area contributed by atoms with E-state index in [1.165, 1.54) is 20.4 Å². The van der Waals surface area contributed by atoms with Crippen LogP contribution in [0.3, 0.4) is 0 Å². The van der Waals surface area contributed by atoms with Gasteiger partial charge >= 0.3 is 5.97 Å². The Morgan fingerprint density at radius 1 is 1.23 bits per heavy atom. The highest BCUT2D eigenvalue weighted by Gasteiger charge is 2.18. The summed E-state index contributed by atoms with van der Waals surface area (Å²) in [4.78, 5) is 27.9. The first kappa shape index (κ1) is 25.6. The number of furan rings is 1. The van der Waals surface area contributed by atoms with Crippen molar-refractivity contribution in [2.24, 2.45) is 5.10 Å². The summed E-state index contributed by atoms with van der Waals surface area (Å²) >= 11 is 3.40. The van der Waals surface area contributed by atoms with Crippen molar-refractivity contribution in [1.29, 1.82) is 5.26 Å². The third-order valence-electron chi connectivity index (χ3n) is 4.71. The number of aryl methyl sites for hydroxylation is 1. The Kier molecular flexibility index (Phi) is 8.72. The lowest BCUT2D eigenvalue weighted by Crippen LogP contribution is -2.25. The van der Waals surface area contributed by atoms with E-state index < -0.39 is 18.5 Å². The van der Waals surface area contributed by atoms with Gasteiger partial charge in [0.2, 0.25) is 5.88 Å². The number of nitriles is 1. The van der Waals surface area contributed by atoms with Crippen LogP contribution in [0.25, 0.3) is 11.3 Å². The van der Waals surface area contributed by atoms with Gasteiger partial charge in [0, 0.05) is 22.7 Å². The zero-order valence-corrected chi connectivity index (χ0v) is 20.7. The molecule has 10 nitrogen and oxygen atoms in total. The van der Waals surface area contributed by atoms with Crippen molar-refractivity contribution in [3.8, 4) is 23.3 Å². The molecule has 0 aliphatic rings. The highest BCUT2D eigenvalue weighted by molar-refractivity contribution is 9.10. The Labute approximate surface area is 209 Å². The summed E-state index contributed by atoms with van der Waals surface area (Å²) in [7, 11) is 2.83. The molecule has 0 radical (unpaired) electrons. The lowest BCUT2D eigenvalue weighted by molar-refractivity contribution is -0.123. The van der Waals surface area contributed by atoms with Crippen LogP contribution in [0.2, 0.25) is 0 Å². The number of halogens is 1. The maximum atomic E-state index is 12.1. The smallest absolute Gasteiger partial charge is 0.337 e. The second kappa shape index (κ2) is 11.9. The molecule has 1 N–H and O–H groups in total. The van der Waals surface area contributed by atoms with E-state index in [9.17, 15) is 14.9 Å². The SMILES string of the molecule is COCc1c(Br)c(C)nc(OCC(=O)N/N=C\c2ccc(-c3ccc(C(=O)OC)cc3)o2)c1C#N. The van der Waals surface area contributed by atoms with Crippen molar-refractivity contribution in [3.05, 3.63) is 69.0 Å². The van der Waals surface area contributed by atoms with Gasteiger partial charge in [0.15, 0.2) is 6.61 Å². The fourth-order valence-electron chi connectivity index (χ4n) is 3.01. The van der Waals surface area contributed by atoms with Crippen LogP contribution in [0.4, 0.5) is 0 Å². The van der Waals surface area contributed by atoms with Gasteiger partial charge in [-0.2, -0.15) is 10.4 Å². The number of hydrogen-bond donors (Lipinski definition) is 1. The number of aromatic nitrogens is 1. The number of benzene rings is 1. The molecule has 0 aliphatic carbocycles. The van der Waals surface area contributed by atoms with Gasteiger partial charge in [-0.25, -0.2) is 15.2 Å². The van der Waals surface area contributed by atoms with Crippen LogP contribution < -0.4 is 10.2 Å². The minimum absolute atomic E-state index is 0.0354. The Balaban J connectivity index is 1.59. The monoisotopic (exact) mass is 540 g/mol. The molecule has 35 heavy (non-hydrogen) atoms. The number of nitrogens with zero attached hydrogens (tertiary/aromatic N) is 3. The molecular formula is C24H21BrN4O6. The molecule has 1 aromatic carbocycles. The second-order valence-corrected chi connectivity index (χ2v) is 7.86. The summed E-state index contributed by atoms with van der Waals surface area (Å²) < 4.78 is 21.6. The fraction of sp³-hybridized carbons (Fsp3) is 0.208. The molecule has 2 aromatic heterocycles. The molecule has 0 atom stereocenters. The number of esters is 1. The van der Waals surface area contributed by atoms with E-state index in [0.717, 1.165) is 5.56 Å². The first-order chi connectivity index (χ1) is 16.9. The average molecular weight is 541 g/mol. The van der Waals surface area contributed by atoms with E-state index in [-0.39, 0.29) is 18.1 Å². The van der Waals surface area contributed by atoms with Crippen molar-refractivity contribution in [2.45, 2.75) is 13.5 Å². The molecule has 3 aromatic rings. The lowest BCUT2D eigenvalue weighted by Gasteiger charge is -2.13. The number of amides is 1. The van der Waals surface area contributed by atoms with Crippen LogP contribution in [0, 0.1) is 18.3 Å². The number of methoxy groups -OCH3 is 2. The van der Waals surface area contributed by atoms with Crippen LogP contribution in [0.1, 0.15) is 32.9 Å². The van der Waals surface area contributed by atoms with Gasteiger partial charge < -0.3 is 18.6 Å². The predicted octanol–water partition coefficient (Wildman–Crippen LogP) is 3.75. The van der Waals surface area contributed by atoms with E-state index >= 15 is 0 Å². The number of carbonyl (C=O) groups excluding carboxylic acids is 2. The Hall–Kier alpha value is -4.01. The van der Waals surface area contributed by atoms with Crippen LogP contribution in [-0.2, 0) is 20.9 Å². The van der Waals surface area contributed by atoms with Gasteiger partial charge in [-0.3, -0.25) is 4.79 Å². The van der Waals surface area contributed by atoms with E-state index in [1.54, 1.807) is 43.3 Å². The molecule has 180 valence electrons. The van der Waals surface area contributed by atoms with Crippen molar-refractivity contribution in [2.75, 3.05) is 20.8 Å². The summed E-state index contributed by atoms with van der Waals surface area (Å²) in [5.41, 5.74) is 4.88.